The molecule has 0 aliphatic carbocycles. The number of nitrogen functional groups attached to an aromatic ring is 1. The molecule has 0 saturated carbocycles. The number of fused-ring (bicyclic) bond motifs is 1. The van der Waals surface area contributed by atoms with Crippen LogP contribution in [0.25, 0.3) is 0 Å². The first-order chi connectivity index (χ1) is 5.77. The first kappa shape index (κ1) is 10.4. The molecule has 0 amide bonds. The van der Waals surface area contributed by atoms with E-state index < -0.39 is 7.12 Å². The smallest absolute Gasteiger partial charge is 0.423 e. The largest absolute Gasteiger partial charge is 0.491 e. The van der Waals surface area contributed by atoms with Crippen LogP contribution in [0.1, 0.15) is 5.56 Å². The van der Waals surface area contributed by atoms with Gasteiger partial charge in [-0.15, -0.1) is 12.4 Å². The van der Waals surface area contributed by atoms with Gasteiger partial charge < -0.3 is 15.4 Å². The number of benzene rings is 1. The first-order valence-electron chi connectivity index (χ1n) is 3.95. The molecule has 1 aliphatic heterocycles. The molecule has 13 heavy (non-hydrogen) atoms. The summed E-state index contributed by atoms with van der Waals surface area (Å²) in [5.74, 6) is 0. The van der Waals surface area contributed by atoms with Crippen molar-refractivity contribution in [2.24, 2.45) is 0 Å². The monoisotopic (exact) mass is 199 g/mol. The maximum absolute atomic E-state index is 9.41. The van der Waals surface area contributed by atoms with Crippen LogP contribution in [0.15, 0.2) is 18.2 Å². The molecule has 1 aliphatic rings. The zero-order valence-corrected chi connectivity index (χ0v) is 7.88. The molecule has 3 N–H and O–H groups in total. The lowest BCUT2D eigenvalue weighted by Crippen LogP contribution is -2.41. The molecule has 0 fully saturated rings. The fourth-order valence-corrected chi connectivity index (χ4v) is 1.44. The van der Waals surface area contributed by atoms with Gasteiger partial charge in [-0.25, -0.2) is 0 Å². The normalized spacial score (nSPS) is 14.7. The number of hydrogen-bond donors (Lipinski definition) is 2. The van der Waals surface area contributed by atoms with Crippen molar-refractivity contribution >= 4 is 30.7 Å². The van der Waals surface area contributed by atoms with Gasteiger partial charge in [-0.3, -0.25) is 0 Å². The van der Waals surface area contributed by atoms with Gasteiger partial charge in [-0.2, -0.15) is 0 Å². The fraction of sp³-hybridized carbons (Fsp3) is 0.250. The molecule has 1 aromatic carbocycles. The molecule has 2 rings (SSSR count). The molecular formula is C8H11BClNO2. The molecule has 0 atom stereocenters. The van der Waals surface area contributed by atoms with Gasteiger partial charge in [0.15, 0.2) is 0 Å². The zero-order chi connectivity index (χ0) is 8.55. The van der Waals surface area contributed by atoms with Gasteiger partial charge in [-0.1, -0.05) is 6.07 Å². The van der Waals surface area contributed by atoms with E-state index in [2.05, 4.69) is 0 Å². The second-order valence-electron chi connectivity index (χ2n) is 2.93. The standard InChI is InChI=1S/C8H10BNO2.ClH/c10-7-2-1-6-3-4-12-9(11)8(6)5-7;/h1-2,5,11H,3-4,10H2;1H. The third kappa shape index (κ3) is 1.96. The van der Waals surface area contributed by atoms with E-state index in [0.29, 0.717) is 12.3 Å². The molecule has 5 heteroatoms. The zero-order valence-electron chi connectivity index (χ0n) is 7.06. The Bertz CT molecular complexity index is 308. The van der Waals surface area contributed by atoms with E-state index >= 15 is 0 Å². The Balaban J connectivity index is 0.000000845. The Morgan fingerprint density at radius 1 is 1.46 bits per heavy atom. The Kier molecular flexibility index (Phi) is 3.19. The predicted molar refractivity (Wildman–Crippen MR) is 55.4 cm³/mol. The lowest BCUT2D eigenvalue weighted by Gasteiger charge is -2.18. The van der Waals surface area contributed by atoms with Crippen LogP contribution in [-0.2, 0) is 11.1 Å². The van der Waals surface area contributed by atoms with Gasteiger partial charge in [0.25, 0.3) is 0 Å². The van der Waals surface area contributed by atoms with Crippen molar-refractivity contribution in [2.75, 3.05) is 12.3 Å². The summed E-state index contributed by atoms with van der Waals surface area (Å²) in [4.78, 5) is 0. The summed E-state index contributed by atoms with van der Waals surface area (Å²) in [5, 5.41) is 9.41. The van der Waals surface area contributed by atoms with E-state index in [0.717, 1.165) is 17.4 Å². The molecule has 3 nitrogen and oxygen atoms in total. The molecule has 70 valence electrons. The number of hydrogen-bond acceptors (Lipinski definition) is 3. The van der Waals surface area contributed by atoms with E-state index in [1.807, 2.05) is 12.1 Å². The number of nitrogens with two attached hydrogens (primary N) is 1. The summed E-state index contributed by atoms with van der Waals surface area (Å²) >= 11 is 0. The molecule has 0 unspecified atom stereocenters. The van der Waals surface area contributed by atoms with Crippen molar-refractivity contribution in [3.05, 3.63) is 23.8 Å². The fourth-order valence-electron chi connectivity index (χ4n) is 1.44. The second-order valence-corrected chi connectivity index (χ2v) is 2.93. The van der Waals surface area contributed by atoms with Crippen LogP contribution in [0.3, 0.4) is 0 Å². The van der Waals surface area contributed by atoms with Crippen LogP contribution in [0.4, 0.5) is 5.69 Å². The summed E-state index contributed by atoms with van der Waals surface area (Å²) in [6, 6.07) is 5.55. The van der Waals surface area contributed by atoms with Crippen LogP contribution in [0, 0.1) is 0 Å². The minimum atomic E-state index is -0.794. The Morgan fingerprint density at radius 2 is 2.23 bits per heavy atom. The third-order valence-electron chi connectivity index (χ3n) is 2.08. The Morgan fingerprint density at radius 3 is 3.00 bits per heavy atom. The van der Waals surface area contributed by atoms with Gasteiger partial charge in [0.1, 0.15) is 0 Å². The predicted octanol–water partition coefficient (Wildman–Crippen LogP) is -0.0492. The Hall–Kier alpha value is -0.705. The van der Waals surface area contributed by atoms with Crippen molar-refractivity contribution in [2.45, 2.75) is 6.42 Å². The molecule has 0 spiro atoms. The SMILES string of the molecule is Cl.Nc1ccc2c(c1)B(O)OCC2. The van der Waals surface area contributed by atoms with Crippen LogP contribution < -0.4 is 11.2 Å². The summed E-state index contributed by atoms with van der Waals surface area (Å²) < 4.78 is 5.06. The number of rotatable bonds is 0. The van der Waals surface area contributed by atoms with Gasteiger partial charge in [0.05, 0.1) is 0 Å². The lowest BCUT2D eigenvalue weighted by atomic mass is 9.73. The summed E-state index contributed by atoms with van der Waals surface area (Å²) in [7, 11) is -0.794. The first-order valence-corrected chi connectivity index (χ1v) is 3.95. The molecule has 0 saturated heterocycles. The van der Waals surface area contributed by atoms with Gasteiger partial charge >= 0.3 is 7.12 Å². The summed E-state index contributed by atoms with van der Waals surface area (Å²) in [5.41, 5.74) is 8.18. The van der Waals surface area contributed by atoms with Crippen LogP contribution in [-0.4, -0.2) is 18.7 Å². The van der Waals surface area contributed by atoms with Crippen LogP contribution in [0.2, 0.25) is 0 Å². The van der Waals surface area contributed by atoms with E-state index in [4.69, 9.17) is 10.4 Å². The topological polar surface area (TPSA) is 55.5 Å². The van der Waals surface area contributed by atoms with Gasteiger partial charge in [-0.05, 0) is 29.6 Å². The van der Waals surface area contributed by atoms with Crippen LogP contribution in [0.5, 0.6) is 0 Å². The third-order valence-corrected chi connectivity index (χ3v) is 2.08. The van der Waals surface area contributed by atoms with Gasteiger partial charge in [0, 0.05) is 12.3 Å². The molecule has 1 aromatic rings. The van der Waals surface area contributed by atoms with Crippen molar-refractivity contribution in [1.82, 2.24) is 0 Å². The maximum Gasteiger partial charge on any atom is 0.491 e. The van der Waals surface area contributed by atoms with E-state index in [9.17, 15) is 5.02 Å². The molecule has 0 aromatic heterocycles. The minimum Gasteiger partial charge on any atom is -0.423 e. The van der Waals surface area contributed by atoms with Gasteiger partial charge in [0.2, 0.25) is 0 Å². The quantitative estimate of drug-likeness (QED) is 0.455. The Labute approximate surface area is 83.4 Å². The second kappa shape index (κ2) is 4.00. The summed E-state index contributed by atoms with van der Waals surface area (Å²) in [6.45, 7) is 0.581. The molecule has 1 heterocycles. The molecule has 0 bridgehead atoms. The maximum atomic E-state index is 9.41. The van der Waals surface area contributed by atoms with Crippen molar-refractivity contribution in [1.29, 1.82) is 0 Å². The van der Waals surface area contributed by atoms with E-state index in [1.165, 1.54) is 0 Å². The highest BCUT2D eigenvalue weighted by Crippen LogP contribution is 2.09. The average Bonchev–Trinajstić information content (AvgIpc) is 2.07. The highest BCUT2D eigenvalue weighted by Gasteiger charge is 2.24. The minimum absolute atomic E-state index is 0. The van der Waals surface area contributed by atoms with Crippen LogP contribution >= 0.6 is 12.4 Å². The van der Waals surface area contributed by atoms with Crippen molar-refractivity contribution in [3.8, 4) is 0 Å². The van der Waals surface area contributed by atoms with E-state index in [1.54, 1.807) is 6.07 Å². The molecular weight excluding hydrogens is 188 g/mol. The van der Waals surface area contributed by atoms with Crippen molar-refractivity contribution in [3.63, 3.8) is 0 Å². The number of anilines is 1. The van der Waals surface area contributed by atoms with Crippen molar-refractivity contribution < 1.29 is 9.68 Å². The highest BCUT2D eigenvalue weighted by atomic mass is 35.5. The lowest BCUT2D eigenvalue weighted by molar-refractivity contribution is 0.266. The number of halogens is 1. The van der Waals surface area contributed by atoms with E-state index in [-0.39, 0.29) is 12.4 Å². The highest BCUT2D eigenvalue weighted by molar-refractivity contribution is 6.61. The molecule has 0 radical (unpaired) electrons. The summed E-state index contributed by atoms with van der Waals surface area (Å²) in [6.07, 6.45) is 0.854. The average molecular weight is 199 g/mol.